The van der Waals surface area contributed by atoms with Crippen LogP contribution in [0, 0.1) is 0 Å². The molecule has 0 radical (unpaired) electrons. The van der Waals surface area contributed by atoms with Gasteiger partial charge >= 0.3 is 23.7 Å². The van der Waals surface area contributed by atoms with E-state index in [0.717, 1.165) is 33.5 Å². The average molecular weight is 812 g/mol. The molecule has 6 rings (SSSR count). The highest BCUT2D eigenvalue weighted by atomic mass is 28.4. The summed E-state index contributed by atoms with van der Waals surface area (Å²) in [5.41, 5.74) is 9.74. The zero-order chi connectivity index (χ0) is 42.8. The molecular weight excluding hydrogens is 753 g/mol. The largest absolute Gasteiger partial charge is 0.596 e. The van der Waals surface area contributed by atoms with E-state index in [1.54, 1.807) is 16.7 Å². The molecule has 0 aromatic heterocycles. The fraction of sp³-hybridized carbons (Fsp3) is 0.444. The van der Waals surface area contributed by atoms with Gasteiger partial charge in [0.1, 0.15) is 11.7 Å². The van der Waals surface area contributed by atoms with Gasteiger partial charge in [-0.1, -0.05) is 93.6 Å². The number of carbonyl (C=O) groups is 3. The van der Waals surface area contributed by atoms with Crippen LogP contribution in [0.5, 0.6) is 0 Å². The summed E-state index contributed by atoms with van der Waals surface area (Å²) in [6, 6.07) is 27.1. The summed E-state index contributed by atoms with van der Waals surface area (Å²) in [6.45, 7) is 17.9. The van der Waals surface area contributed by atoms with E-state index in [1.807, 2.05) is 99.8 Å². The Morgan fingerprint density at radius 2 is 1.45 bits per heavy atom. The number of fused-ring (bicyclic) bond motifs is 2. The number of carbonyl (C=O) groups excluding carboxylic acids is 3. The molecule has 310 valence electrons. The summed E-state index contributed by atoms with van der Waals surface area (Å²) < 4.78 is 22.9. The predicted molar refractivity (Wildman–Crippen MR) is 229 cm³/mol. The second-order valence-corrected chi connectivity index (χ2v) is 21.8. The molecule has 58 heavy (non-hydrogen) atoms. The van der Waals surface area contributed by atoms with E-state index >= 15 is 0 Å². The van der Waals surface area contributed by atoms with E-state index < -0.39 is 31.9 Å². The number of aliphatic hydroxyl groups is 1. The number of β-amino-alcohol motifs (C(OH)–C–C–N with tert-alkyl or cyclic N) is 1. The Bertz CT molecular complexity index is 2170. The van der Waals surface area contributed by atoms with Gasteiger partial charge in [-0.25, -0.2) is 4.79 Å². The van der Waals surface area contributed by atoms with Gasteiger partial charge in [-0.05, 0) is 84.6 Å². The second kappa shape index (κ2) is 19.6. The summed E-state index contributed by atoms with van der Waals surface area (Å²) in [5.74, 6) is -1.32. The van der Waals surface area contributed by atoms with Crippen LogP contribution < -0.4 is 5.32 Å². The molecule has 2 aliphatic rings. The highest BCUT2D eigenvalue weighted by Crippen LogP contribution is 2.38. The molecule has 0 bridgehead atoms. The zero-order valence-corrected chi connectivity index (χ0v) is 36.4. The minimum absolute atomic E-state index is 0.0892. The molecule has 0 aliphatic carbocycles. The first-order chi connectivity index (χ1) is 27.3. The summed E-state index contributed by atoms with van der Waals surface area (Å²) in [6.07, 6.45) is 2.66. The number of nitrogens with one attached hydrogen (secondary N) is 1. The third-order valence-electron chi connectivity index (χ3n) is 10.5. The monoisotopic (exact) mass is 811 g/mol. The number of ether oxygens (including phenoxy) is 3. The van der Waals surface area contributed by atoms with Crippen molar-refractivity contribution in [3.05, 3.63) is 102 Å². The highest BCUT2D eigenvalue weighted by Gasteiger charge is 2.43. The Morgan fingerprint density at radius 3 is 1.97 bits per heavy atom. The summed E-state index contributed by atoms with van der Waals surface area (Å²) in [7, 11) is 0.869. The summed E-state index contributed by atoms with van der Waals surface area (Å²) in [4.78, 5) is 38.5. The Labute approximate surface area is 342 Å². The van der Waals surface area contributed by atoms with E-state index in [1.165, 1.54) is 14.2 Å². The Kier molecular flexibility index (Phi) is 15.4. The Hall–Kier alpha value is -5.04. The van der Waals surface area contributed by atoms with Gasteiger partial charge in [0, 0.05) is 12.6 Å². The van der Waals surface area contributed by atoms with Gasteiger partial charge in [-0.3, -0.25) is 4.79 Å². The van der Waals surface area contributed by atoms with Gasteiger partial charge in [-0.15, -0.1) is 4.58 Å². The van der Waals surface area contributed by atoms with Gasteiger partial charge in [0.15, 0.2) is 21.1 Å². The van der Waals surface area contributed by atoms with Crippen molar-refractivity contribution in [2.45, 2.75) is 102 Å². The molecule has 0 saturated carbocycles. The van der Waals surface area contributed by atoms with Crippen molar-refractivity contribution >= 4 is 59.8 Å². The number of rotatable bonds is 7. The van der Waals surface area contributed by atoms with E-state index in [9.17, 15) is 19.5 Å². The maximum absolute atomic E-state index is 12.2. The first-order valence-corrected chi connectivity index (χ1v) is 22.5. The van der Waals surface area contributed by atoms with Crippen molar-refractivity contribution in [3.63, 3.8) is 0 Å². The van der Waals surface area contributed by atoms with Gasteiger partial charge < -0.3 is 34.6 Å². The lowest BCUT2D eigenvalue weighted by molar-refractivity contribution is -0.445. The first-order valence-electron chi connectivity index (χ1n) is 19.5. The van der Waals surface area contributed by atoms with E-state index in [4.69, 9.17) is 19.4 Å². The Balaban J connectivity index is 0.000000194. The van der Waals surface area contributed by atoms with Crippen molar-refractivity contribution in [1.82, 2.24) is 5.32 Å². The molecule has 4 aromatic rings. The van der Waals surface area contributed by atoms with Gasteiger partial charge in [0.2, 0.25) is 0 Å². The molecule has 0 spiro atoms. The van der Waals surface area contributed by atoms with Crippen LogP contribution in [0.25, 0.3) is 27.1 Å². The minimum Gasteiger partial charge on any atom is -0.469 e. The van der Waals surface area contributed by atoms with Gasteiger partial charge in [0.25, 0.3) is 0 Å². The van der Waals surface area contributed by atoms with Crippen molar-refractivity contribution in [2.75, 3.05) is 27.3 Å². The predicted octanol–water partition coefficient (Wildman–Crippen LogP) is 7.65. The number of nitrogens with zero attached hydrogens (tertiary/aromatic N) is 3. The van der Waals surface area contributed by atoms with E-state index in [-0.39, 0.29) is 35.0 Å². The molecule has 2 heterocycles. The molecule has 1 amide bonds. The zero-order valence-electron chi connectivity index (χ0n) is 35.4. The first kappa shape index (κ1) is 45.7. The van der Waals surface area contributed by atoms with E-state index in [0.29, 0.717) is 25.1 Å². The maximum Gasteiger partial charge on any atom is 0.596 e. The quantitative estimate of drug-likeness (QED) is 0.0364. The molecule has 0 unspecified atom stereocenters. The number of aliphatic hydroxyl groups excluding tert-OH is 1. The third kappa shape index (κ3) is 12.2. The molecule has 4 aromatic carbocycles. The molecule has 1 saturated heterocycles. The van der Waals surface area contributed by atoms with Crippen LogP contribution >= 0.6 is 0 Å². The van der Waals surface area contributed by atoms with Crippen LogP contribution in [0.1, 0.15) is 71.4 Å². The lowest BCUT2D eigenvalue weighted by Crippen LogP contribution is -2.45. The molecule has 13 heteroatoms. The van der Waals surface area contributed by atoms with Crippen LogP contribution in [0.4, 0.5) is 4.79 Å². The molecular formula is C45H59N4O8Si+. The average Bonchev–Trinajstić information content (AvgIpc) is 3.83. The maximum atomic E-state index is 12.2. The number of esters is 2. The molecule has 1 fully saturated rings. The van der Waals surface area contributed by atoms with Crippen molar-refractivity contribution in [2.24, 2.45) is 0 Å². The van der Waals surface area contributed by atoms with Crippen molar-refractivity contribution in [1.29, 1.82) is 0 Å². The molecule has 12 nitrogen and oxygen atoms in total. The molecule has 2 aliphatic heterocycles. The van der Waals surface area contributed by atoms with Gasteiger partial charge in [-0.2, -0.15) is 9.58 Å². The third-order valence-corrected chi connectivity index (χ3v) is 15.1. The fourth-order valence-corrected chi connectivity index (χ4v) is 7.83. The second-order valence-electron chi connectivity index (χ2n) is 17.1. The topological polar surface area (TPSA) is 160 Å². The Morgan fingerprint density at radius 1 is 0.862 bits per heavy atom. The van der Waals surface area contributed by atoms with Crippen LogP contribution in [-0.4, -0.2) is 104 Å². The molecule has 2 N–H and O–H groups in total. The lowest BCUT2D eigenvalue weighted by atomic mass is 9.89. The lowest BCUT2D eigenvalue weighted by Gasteiger charge is -2.37. The highest BCUT2D eigenvalue weighted by molar-refractivity contribution is 6.74. The standard InChI is InChI=1S/C17H19NO3.C15H30NO3Si.C13H10N2O2/c1-21-17(20)16(15-9-14(19)10-18-15)13-7-6-11-4-2-3-5-12(11)8-13;1-14(2,3)18-13(17)16-10-9-12(11-16)19-20(7,8)15(4,5)6;1-17-13(16)12(15-14)11-7-6-9-4-2-3-5-10(9)8-11/h2-8,14-16,18-19H,9-10H2,1H3;10,12H,9,11H2,1-8H3;2-8H,1H3/q;+1;/t14-,15+,16-;12-;/m11./s1. The van der Waals surface area contributed by atoms with Crippen LogP contribution in [0.15, 0.2) is 84.9 Å². The summed E-state index contributed by atoms with van der Waals surface area (Å²) >= 11 is 0. The number of amides is 1. The van der Waals surface area contributed by atoms with Crippen LogP contribution in [0.3, 0.4) is 0 Å². The smallest absolute Gasteiger partial charge is 0.469 e. The normalized spacial score (nSPS) is 18.4. The minimum atomic E-state index is -1.78. The SMILES string of the molecule is CC(C)(C)OC(=O)[N+]1=CC[C@@H](O[Si](C)(C)C(C)(C)C)C1.COC(=O)C(=[N+]=[N-])c1ccc2ccccc2c1.COC(=O)[C@H](c1ccc2ccccc2c1)[C@@H]1C[C@@H](O)CN1. The number of benzene rings is 4. The number of methoxy groups -OCH3 is 2. The van der Waals surface area contributed by atoms with Crippen LogP contribution in [0.2, 0.25) is 18.1 Å². The summed E-state index contributed by atoms with van der Waals surface area (Å²) in [5, 5.41) is 17.4. The van der Waals surface area contributed by atoms with Crippen LogP contribution in [-0.2, 0) is 28.2 Å². The van der Waals surface area contributed by atoms with Gasteiger partial charge in [0.05, 0.1) is 38.2 Å². The van der Waals surface area contributed by atoms with Crippen molar-refractivity contribution < 1.29 is 47.5 Å². The van der Waals surface area contributed by atoms with E-state index in [2.05, 4.69) is 48.7 Å². The molecule has 4 atom stereocenters. The fourth-order valence-electron chi connectivity index (χ4n) is 6.47. The van der Waals surface area contributed by atoms with Crippen molar-refractivity contribution in [3.8, 4) is 0 Å². The number of hydrogen-bond acceptors (Lipinski definition) is 9. The number of hydrogen-bond donors (Lipinski definition) is 2.